The lowest BCUT2D eigenvalue weighted by Gasteiger charge is -2.07. The molecular weight excluding hydrogens is 410 g/mol. The summed E-state index contributed by atoms with van der Waals surface area (Å²) in [6, 6.07) is 7.25. The fourth-order valence-corrected chi connectivity index (χ4v) is 4.40. The molecule has 4 aromatic rings. The van der Waals surface area contributed by atoms with Crippen LogP contribution in [0.1, 0.15) is 33.1 Å². The van der Waals surface area contributed by atoms with E-state index in [1.165, 1.54) is 29.4 Å². The van der Waals surface area contributed by atoms with Crippen LogP contribution in [0.2, 0.25) is 0 Å². The number of thioether (sulfide) groups is 1. The third-order valence-corrected chi connectivity index (χ3v) is 6.05. The van der Waals surface area contributed by atoms with Crippen LogP contribution in [0.25, 0.3) is 10.8 Å². The molecule has 0 spiro atoms. The summed E-state index contributed by atoms with van der Waals surface area (Å²) in [5.41, 5.74) is 2.80. The summed E-state index contributed by atoms with van der Waals surface area (Å²) in [6.45, 7) is 3.78. The Bertz CT molecular complexity index is 1100. The van der Waals surface area contributed by atoms with Gasteiger partial charge in [0.05, 0.1) is 16.1 Å². The zero-order valence-corrected chi connectivity index (χ0v) is 17.4. The minimum Gasteiger partial charge on any atom is -0.455 e. The van der Waals surface area contributed by atoms with Gasteiger partial charge in [-0.15, -0.1) is 23.1 Å². The van der Waals surface area contributed by atoms with E-state index in [4.69, 9.17) is 13.7 Å². The summed E-state index contributed by atoms with van der Waals surface area (Å²) >= 11 is 2.97. The summed E-state index contributed by atoms with van der Waals surface area (Å²) in [6.07, 6.45) is 3.15. The zero-order valence-electron chi connectivity index (χ0n) is 15.7. The molecule has 29 heavy (non-hydrogen) atoms. The molecule has 0 N–H and O–H groups in total. The van der Waals surface area contributed by atoms with Crippen LogP contribution in [-0.2, 0) is 17.1 Å². The van der Waals surface area contributed by atoms with Crippen LogP contribution in [0.4, 0.5) is 0 Å². The van der Waals surface area contributed by atoms with Gasteiger partial charge >= 0.3 is 5.97 Å². The number of pyridine rings is 1. The molecule has 0 aliphatic heterocycles. The van der Waals surface area contributed by atoms with Gasteiger partial charge in [0.1, 0.15) is 29.4 Å². The van der Waals surface area contributed by atoms with Crippen molar-refractivity contribution in [2.75, 3.05) is 0 Å². The molecule has 0 radical (unpaired) electrons. The molecule has 4 rings (SSSR count). The average Bonchev–Trinajstić information content (AvgIpc) is 3.47. The van der Waals surface area contributed by atoms with Crippen molar-refractivity contribution in [1.29, 1.82) is 0 Å². The molecule has 0 aliphatic rings. The number of esters is 1. The van der Waals surface area contributed by atoms with Gasteiger partial charge < -0.3 is 13.7 Å². The van der Waals surface area contributed by atoms with Crippen molar-refractivity contribution in [2.45, 2.75) is 31.2 Å². The van der Waals surface area contributed by atoms with Gasteiger partial charge in [-0.2, -0.15) is 0 Å². The highest BCUT2D eigenvalue weighted by Crippen LogP contribution is 2.28. The first-order valence-corrected chi connectivity index (χ1v) is 10.6. The van der Waals surface area contributed by atoms with Gasteiger partial charge in [-0.3, -0.25) is 0 Å². The van der Waals surface area contributed by atoms with Gasteiger partial charge in [-0.1, -0.05) is 11.2 Å². The first-order chi connectivity index (χ1) is 14.1. The van der Waals surface area contributed by atoms with Crippen LogP contribution in [0.5, 0.6) is 0 Å². The monoisotopic (exact) mass is 427 g/mol. The first kappa shape index (κ1) is 19.4. The minimum atomic E-state index is -0.458. The molecule has 9 heteroatoms. The molecule has 7 nitrogen and oxygen atoms in total. The van der Waals surface area contributed by atoms with Crippen molar-refractivity contribution in [3.05, 3.63) is 70.4 Å². The van der Waals surface area contributed by atoms with E-state index in [9.17, 15) is 4.79 Å². The molecule has 0 saturated heterocycles. The van der Waals surface area contributed by atoms with Crippen LogP contribution in [-0.4, -0.2) is 21.1 Å². The largest absolute Gasteiger partial charge is 0.455 e. The summed E-state index contributed by atoms with van der Waals surface area (Å²) in [5, 5.41) is 6.50. The predicted molar refractivity (Wildman–Crippen MR) is 109 cm³/mol. The molecule has 4 heterocycles. The number of hydrogen-bond acceptors (Lipinski definition) is 9. The second-order valence-corrected chi connectivity index (χ2v) is 8.06. The second-order valence-electron chi connectivity index (χ2n) is 6.14. The SMILES string of the molecule is Cc1noc(C)c1CSc1ncccc1C(=O)OCc1coc(-c2cccs2)n1. The zero-order chi connectivity index (χ0) is 20.2. The molecule has 4 aromatic heterocycles. The van der Waals surface area contributed by atoms with Crippen molar-refractivity contribution in [1.82, 2.24) is 15.1 Å². The molecule has 0 bridgehead atoms. The van der Waals surface area contributed by atoms with E-state index in [-0.39, 0.29) is 6.61 Å². The Balaban J connectivity index is 1.41. The number of aryl methyl sites for hydroxylation is 2. The smallest absolute Gasteiger partial charge is 0.341 e. The number of nitrogens with zero attached hydrogens (tertiary/aromatic N) is 3. The molecule has 0 unspecified atom stereocenters. The topological polar surface area (TPSA) is 91.2 Å². The van der Waals surface area contributed by atoms with E-state index in [2.05, 4.69) is 15.1 Å². The Labute approximate surface area is 175 Å². The third kappa shape index (κ3) is 4.41. The number of thiophene rings is 1. The number of oxazole rings is 1. The summed E-state index contributed by atoms with van der Waals surface area (Å²) < 4.78 is 16.1. The van der Waals surface area contributed by atoms with E-state index in [0.29, 0.717) is 27.9 Å². The van der Waals surface area contributed by atoms with Crippen LogP contribution >= 0.6 is 23.1 Å². The van der Waals surface area contributed by atoms with Gasteiger partial charge in [0.25, 0.3) is 0 Å². The highest BCUT2D eigenvalue weighted by molar-refractivity contribution is 7.98. The summed E-state index contributed by atoms with van der Waals surface area (Å²) in [7, 11) is 0. The van der Waals surface area contributed by atoms with Crippen LogP contribution in [0.3, 0.4) is 0 Å². The minimum absolute atomic E-state index is 0.0244. The molecule has 0 amide bonds. The fourth-order valence-electron chi connectivity index (χ4n) is 2.61. The van der Waals surface area contributed by atoms with Crippen molar-refractivity contribution < 1.29 is 18.5 Å². The van der Waals surface area contributed by atoms with Gasteiger partial charge in [0, 0.05) is 17.5 Å². The predicted octanol–water partition coefficient (Wildman–Crippen LogP) is 5.05. The average molecular weight is 428 g/mol. The maximum atomic E-state index is 12.6. The number of carbonyl (C=O) groups excluding carboxylic acids is 1. The Hall–Kier alpha value is -2.91. The van der Waals surface area contributed by atoms with Crippen LogP contribution < -0.4 is 0 Å². The molecule has 0 atom stereocenters. The lowest BCUT2D eigenvalue weighted by Crippen LogP contribution is -2.08. The van der Waals surface area contributed by atoms with E-state index in [0.717, 1.165) is 21.9 Å². The van der Waals surface area contributed by atoms with E-state index < -0.39 is 5.97 Å². The van der Waals surface area contributed by atoms with Gasteiger partial charge in [0.15, 0.2) is 0 Å². The third-order valence-electron chi connectivity index (χ3n) is 4.16. The van der Waals surface area contributed by atoms with E-state index >= 15 is 0 Å². The Morgan fingerprint density at radius 1 is 1.28 bits per heavy atom. The Morgan fingerprint density at radius 2 is 2.17 bits per heavy atom. The Morgan fingerprint density at radius 3 is 2.93 bits per heavy atom. The fraction of sp³-hybridized carbons (Fsp3) is 0.200. The molecule has 0 aromatic carbocycles. The van der Waals surface area contributed by atoms with Crippen molar-refractivity contribution in [3.63, 3.8) is 0 Å². The molecular formula is C20H17N3O4S2. The lowest BCUT2D eigenvalue weighted by atomic mass is 10.2. The van der Waals surface area contributed by atoms with Gasteiger partial charge in [0.2, 0.25) is 5.89 Å². The quantitative estimate of drug-likeness (QED) is 0.299. The van der Waals surface area contributed by atoms with Crippen LogP contribution in [0.15, 0.2) is 56.1 Å². The number of carbonyl (C=O) groups is 1. The number of ether oxygens (including phenoxy) is 1. The highest BCUT2D eigenvalue weighted by atomic mass is 32.2. The molecule has 0 saturated carbocycles. The number of aromatic nitrogens is 3. The van der Waals surface area contributed by atoms with E-state index in [1.807, 2.05) is 31.4 Å². The van der Waals surface area contributed by atoms with Crippen molar-refractivity contribution in [2.24, 2.45) is 0 Å². The maximum Gasteiger partial charge on any atom is 0.341 e. The van der Waals surface area contributed by atoms with Crippen LogP contribution in [0, 0.1) is 13.8 Å². The van der Waals surface area contributed by atoms with Gasteiger partial charge in [-0.05, 0) is 37.4 Å². The molecule has 148 valence electrons. The highest BCUT2D eigenvalue weighted by Gasteiger charge is 2.17. The lowest BCUT2D eigenvalue weighted by molar-refractivity contribution is 0.0462. The molecule has 0 fully saturated rings. The van der Waals surface area contributed by atoms with Gasteiger partial charge in [-0.25, -0.2) is 14.8 Å². The second kappa shape index (κ2) is 8.62. The summed E-state index contributed by atoms with van der Waals surface area (Å²) in [5.74, 6) is 1.43. The standard InChI is InChI=1S/C20H17N3O4S2/c1-12-16(13(2)27-23-12)11-29-19-15(5-3-7-21-19)20(24)26-10-14-9-25-18(22-14)17-6-4-8-28-17/h3-9H,10-11H2,1-2H3. The van der Waals surface area contributed by atoms with Crippen molar-refractivity contribution >= 4 is 29.1 Å². The van der Waals surface area contributed by atoms with E-state index in [1.54, 1.807) is 18.3 Å². The molecule has 0 aliphatic carbocycles. The number of hydrogen-bond donors (Lipinski definition) is 0. The Kier molecular flexibility index (Phi) is 5.77. The normalized spacial score (nSPS) is 11.0. The summed E-state index contributed by atoms with van der Waals surface area (Å²) in [4.78, 5) is 22.2. The maximum absolute atomic E-state index is 12.6. The first-order valence-electron chi connectivity index (χ1n) is 8.77. The number of rotatable bonds is 7. The van der Waals surface area contributed by atoms with Crippen molar-refractivity contribution in [3.8, 4) is 10.8 Å².